The molecule has 2 aromatic heterocycles. The lowest BCUT2D eigenvalue weighted by molar-refractivity contribution is 0.0950. The fraction of sp³-hybridized carbons (Fsp3) is 0.105. The predicted molar refractivity (Wildman–Crippen MR) is 99.4 cm³/mol. The van der Waals surface area contributed by atoms with Crippen LogP contribution < -0.4 is 10.3 Å². The van der Waals surface area contributed by atoms with Gasteiger partial charge in [-0.25, -0.2) is 5.43 Å². The summed E-state index contributed by atoms with van der Waals surface area (Å²) >= 11 is 0. The molecule has 1 N–H and O–H groups in total. The highest BCUT2D eigenvalue weighted by Gasteiger charge is 2.05. The van der Waals surface area contributed by atoms with Gasteiger partial charge < -0.3 is 9.47 Å². The summed E-state index contributed by atoms with van der Waals surface area (Å²) in [6.45, 7) is 0. The Morgan fingerprint density at radius 2 is 1.92 bits per heavy atom. The van der Waals surface area contributed by atoms with Crippen LogP contribution in [-0.2, 0) is 0 Å². The average Bonchev–Trinajstić information content (AvgIpc) is 3.11. The Bertz CT molecular complexity index is 866. The van der Waals surface area contributed by atoms with Crippen LogP contribution in [0.3, 0.4) is 0 Å². The van der Waals surface area contributed by atoms with Crippen LogP contribution in [0.4, 0.5) is 5.69 Å². The number of benzene rings is 1. The average molecular weight is 333 g/mol. The molecule has 0 atom stereocenters. The lowest BCUT2D eigenvalue weighted by Crippen LogP contribution is -2.18. The zero-order chi connectivity index (χ0) is 17.6. The number of amides is 1. The highest BCUT2D eigenvalue weighted by Crippen LogP contribution is 2.17. The minimum Gasteiger partial charge on any atom is -0.378 e. The van der Waals surface area contributed by atoms with E-state index in [1.165, 1.54) is 0 Å². The maximum atomic E-state index is 11.9. The number of carbonyl (C=O) groups is 1. The van der Waals surface area contributed by atoms with Crippen molar-refractivity contribution in [2.75, 3.05) is 19.0 Å². The van der Waals surface area contributed by atoms with Crippen molar-refractivity contribution in [2.45, 2.75) is 0 Å². The van der Waals surface area contributed by atoms with Crippen LogP contribution in [0.5, 0.6) is 0 Å². The molecule has 0 saturated heterocycles. The molecular formula is C19H19N5O. The van der Waals surface area contributed by atoms with Crippen molar-refractivity contribution in [1.82, 2.24) is 15.0 Å². The van der Waals surface area contributed by atoms with Gasteiger partial charge in [-0.2, -0.15) is 5.10 Å². The summed E-state index contributed by atoms with van der Waals surface area (Å²) in [6, 6.07) is 17.2. The molecule has 2 heterocycles. The molecular weight excluding hydrogens is 314 g/mol. The Hall–Kier alpha value is -3.41. The minimum atomic E-state index is -0.342. The molecule has 0 spiro atoms. The summed E-state index contributed by atoms with van der Waals surface area (Å²) in [5.41, 5.74) is 5.83. The second-order valence-corrected chi connectivity index (χ2v) is 5.63. The third kappa shape index (κ3) is 3.92. The number of hydrogen-bond donors (Lipinski definition) is 1. The molecule has 1 aromatic carbocycles. The molecule has 0 aliphatic carbocycles. The fourth-order valence-corrected chi connectivity index (χ4v) is 2.36. The number of hydrogen-bond acceptors (Lipinski definition) is 4. The molecule has 126 valence electrons. The van der Waals surface area contributed by atoms with E-state index in [0.717, 1.165) is 17.1 Å². The van der Waals surface area contributed by atoms with Gasteiger partial charge >= 0.3 is 0 Å². The Kier molecular flexibility index (Phi) is 4.89. The van der Waals surface area contributed by atoms with E-state index in [1.54, 1.807) is 30.6 Å². The number of nitrogens with zero attached hydrogens (tertiary/aromatic N) is 4. The van der Waals surface area contributed by atoms with E-state index in [4.69, 9.17) is 0 Å². The van der Waals surface area contributed by atoms with E-state index in [0.29, 0.717) is 5.69 Å². The van der Waals surface area contributed by atoms with Crippen molar-refractivity contribution in [3.05, 3.63) is 78.4 Å². The summed E-state index contributed by atoms with van der Waals surface area (Å²) in [5, 5.41) is 4.03. The third-order valence-corrected chi connectivity index (χ3v) is 3.69. The van der Waals surface area contributed by atoms with E-state index in [2.05, 4.69) is 32.5 Å². The van der Waals surface area contributed by atoms with Crippen LogP contribution in [0.15, 0.2) is 72.1 Å². The summed E-state index contributed by atoms with van der Waals surface area (Å²) in [7, 11) is 4.01. The highest BCUT2D eigenvalue weighted by molar-refractivity contribution is 5.92. The summed E-state index contributed by atoms with van der Waals surface area (Å²) in [4.78, 5) is 18.0. The zero-order valence-corrected chi connectivity index (χ0v) is 14.1. The minimum absolute atomic E-state index is 0.328. The van der Waals surface area contributed by atoms with Gasteiger partial charge in [0.05, 0.1) is 11.9 Å². The topological polar surface area (TPSA) is 62.5 Å². The molecule has 6 heteroatoms. The number of pyridine rings is 1. The second kappa shape index (κ2) is 7.44. The van der Waals surface area contributed by atoms with E-state index in [9.17, 15) is 4.79 Å². The van der Waals surface area contributed by atoms with Gasteiger partial charge in [0.25, 0.3) is 5.91 Å². The van der Waals surface area contributed by atoms with Gasteiger partial charge in [-0.1, -0.05) is 6.07 Å². The number of rotatable bonds is 5. The Labute approximate surface area is 146 Å². The first-order chi connectivity index (χ1) is 12.1. The van der Waals surface area contributed by atoms with Crippen molar-refractivity contribution in [3.8, 4) is 5.69 Å². The van der Waals surface area contributed by atoms with Crippen molar-refractivity contribution in [1.29, 1.82) is 0 Å². The maximum absolute atomic E-state index is 11.9. The third-order valence-electron chi connectivity index (χ3n) is 3.69. The van der Waals surface area contributed by atoms with Crippen molar-refractivity contribution in [2.24, 2.45) is 5.10 Å². The first-order valence-corrected chi connectivity index (χ1v) is 7.85. The smallest absolute Gasteiger partial charge is 0.289 e. The van der Waals surface area contributed by atoms with Gasteiger partial charge in [0.2, 0.25) is 0 Å². The molecule has 3 aromatic rings. The molecule has 0 saturated carbocycles. The number of nitrogens with one attached hydrogen (secondary N) is 1. The Morgan fingerprint density at radius 3 is 2.60 bits per heavy atom. The molecule has 0 aliphatic heterocycles. The predicted octanol–water partition coefficient (Wildman–Crippen LogP) is 2.70. The maximum Gasteiger partial charge on any atom is 0.289 e. The van der Waals surface area contributed by atoms with Crippen LogP contribution in [-0.4, -0.2) is 35.8 Å². The number of anilines is 1. The molecule has 25 heavy (non-hydrogen) atoms. The Balaban J connectivity index is 1.72. The number of aromatic nitrogens is 2. The van der Waals surface area contributed by atoms with Crippen LogP contribution in [0, 0.1) is 0 Å². The SMILES string of the molecule is CN(C)c1ccc(-n2cccc2/C=N\NC(=O)c2ccccn2)cc1. The van der Waals surface area contributed by atoms with Crippen molar-refractivity contribution in [3.63, 3.8) is 0 Å². The van der Waals surface area contributed by atoms with Gasteiger partial charge in [-0.05, 0) is 48.5 Å². The monoisotopic (exact) mass is 333 g/mol. The van der Waals surface area contributed by atoms with E-state index in [-0.39, 0.29) is 5.91 Å². The first-order valence-electron chi connectivity index (χ1n) is 7.85. The lowest BCUT2D eigenvalue weighted by atomic mass is 10.2. The largest absolute Gasteiger partial charge is 0.378 e. The van der Waals surface area contributed by atoms with Gasteiger partial charge in [-0.15, -0.1) is 0 Å². The fourth-order valence-electron chi connectivity index (χ4n) is 2.36. The van der Waals surface area contributed by atoms with Crippen LogP contribution in [0.2, 0.25) is 0 Å². The molecule has 0 radical (unpaired) electrons. The molecule has 0 unspecified atom stereocenters. The highest BCUT2D eigenvalue weighted by atomic mass is 16.2. The molecule has 0 fully saturated rings. The standard InChI is InChI=1S/C19H19N5O/c1-23(2)15-8-10-16(11-9-15)24-13-5-6-17(24)14-21-22-19(25)18-7-3-4-12-20-18/h3-14H,1-2H3,(H,22,25)/b21-14-. The quantitative estimate of drug-likeness (QED) is 0.577. The normalized spacial score (nSPS) is 10.8. The van der Waals surface area contributed by atoms with Crippen LogP contribution in [0.25, 0.3) is 5.69 Å². The number of hydrazone groups is 1. The Morgan fingerprint density at radius 1 is 1.12 bits per heavy atom. The van der Waals surface area contributed by atoms with Crippen molar-refractivity contribution < 1.29 is 4.79 Å². The molecule has 1 amide bonds. The molecule has 0 bridgehead atoms. The van der Waals surface area contributed by atoms with E-state index < -0.39 is 0 Å². The first kappa shape index (κ1) is 16.4. The van der Waals surface area contributed by atoms with Crippen molar-refractivity contribution >= 4 is 17.8 Å². The summed E-state index contributed by atoms with van der Waals surface area (Å²) in [5.74, 6) is -0.342. The molecule has 6 nitrogen and oxygen atoms in total. The summed E-state index contributed by atoms with van der Waals surface area (Å²) < 4.78 is 2.00. The molecule has 0 aliphatic rings. The van der Waals surface area contributed by atoms with E-state index in [1.807, 2.05) is 49.1 Å². The van der Waals surface area contributed by atoms with Crippen LogP contribution >= 0.6 is 0 Å². The van der Waals surface area contributed by atoms with Gasteiger partial charge in [-0.3, -0.25) is 9.78 Å². The lowest BCUT2D eigenvalue weighted by Gasteiger charge is -2.13. The van der Waals surface area contributed by atoms with Crippen LogP contribution in [0.1, 0.15) is 16.2 Å². The van der Waals surface area contributed by atoms with Gasteiger partial charge in [0.1, 0.15) is 5.69 Å². The second-order valence-electron chi connectivity index (χ2n) is 5.63. The molecule has 3 rings (SSSR count). The zero-order valence-electron chi connectivity index (χ0n) is 14.1. The van der Waals surface area contributed by atoms with E-state index >= 15 is 0 Å². The number of carbonyl (C=O) groups excluding carboxylic acids is 1. The van der Waals surface area contributed by atoms with Gasteiger partial charge in [0, 0.05) is 37.9 Å². The summed E-state index contributed by atoms with van der Waals surface area (Å²) in [6.07, 6.45) is 5.13. The van der Waals surface area contributed by atoms with Gasteiger partial charge in [0.15, 0.2) is 0 Å².